The van der Waals surface area contributed by atoms with E-state index in [-0.39, 0.29) is 14.0 Å². The average molecular weight is 434 g/mol. The zero-order chi connectivity index (χ0) is 16.0. The summed E-state index contributed by atoms with van der Waals surface area (Å²) in [6, 6.07) is 11.8. The number of carbonyl (C=O) groups excluding carboxylic acids is 1. The Kier molecular flexibility index (Phi) is 3.62. The maximum atomic E-state index is 12.7. The van der Waals surface area contributed by atoms with Gasteiger partial charge in [0, 0.05) is 0 Å². The zero-order valence-corrected chi connectivity index (χ0v) is 14.3. The number of rotatable bonds is 3. The first kappa shape index (κ1) is 15.3. The van der Waals surface area contributed by atoms with Crippen molar-refractivity contribution in [2.45, 2.75) is 11.8 Å². The van der Waals surface area contributed by atoms with E-state index in [1.807, 2.05) is 0 Å². The van der Waals surface area contributed by atoms with E-state index in [9.17, 15) is 16.3 Å². The van der Waals surface area contributed by atoms with E-state index in [0.717, 1.165) is 5.56 Å². The molecule has 2 aromatic carbocycles. The van der Waals surface area contributed by atoms with Gasteiger partial charge in [-0.05, 0) is 0 Å². The van der Waals surface area contributed by atoms with Gasteiger partial charge in [0.15, 0.2) is 0 Å². The summed E-state index contributed by atoms with van der Waals surface area (Å²) in [6.45, 7) is 1.80. The van der Waals surface area contributed by atoms with Gasteiger partial charge in [-0.2, -0.15) is 0 Å². The Morgan fingerprint density at radius 3 is 2.36 bits per heavy atom. The quantitative estimate of drug-likeness (QED) is 0.691. The van der Waals surface area contributed by atoms with Crippen molar-refractivity contribution in [2.24, 2.45) is 0 Å². The van der Waals surface area contributed by atoms with Gasteiger partial charge in [0.25, 0.3) is 0 Å². The van der Waals surface area contributed by atoms with Gasteiger partial charge in [0.2, 0.25) is 0 Å². The summed E-state index contributed by atoms with van der Waals surface area (Å²) in [5.41, 5.74) is 0.947. The van der Waals surface area contributed by atoms with Crippen molar-refractivity contribution in [3.8, 4) is 0 Å². The van der Waals surface area contributed by atoms with Crippen LogP contribution in [-0.2, 0) is 18.8 Å². The van der Waals surface area contributed by atoms with Crippen molar-refractivity contribution >= 4 is 35.3 Å². The molecule has 0 amide bonds. The Balaban J connectivity index is 2.01. The van der Waals surface area contributed by atoms with Crippen LogP contribution in [0.3, 0.4) is 0 Å². The Labute approximate surface area is 132 Å². The Bertz CT molecular complexity index is 901. The van der Waals surface area contributed by atoms with Gasteiger partial charge in [-0.15, -0.1) is 0 Å². The van der Waals surface area contributed by atoms with Crippen LogP contribution in [0.5, 0.6) is 0 Å². The summed E-state index contributed by atoms with van der Waals surface area (Å²) in [6.07, 6.45) is 0. The average Bonchev–Trinajstić information content (AvgIpc) is 2.71. The van der Waals surface area contributed by atoms with E-state index in [4.69, 9.17) is 5.58 Å². The molecule has 1 heterocycles. The van der Waals surface area contributed by atoms with Gasteiger partial charge in [0.1, 0.15) is 0 Å². The third kappa shape index (κ3) is 2.57. The monoisotopic (exact) mass is 434 g/mol. The SMILES string of the molecule is Cc1ccc(S(=O)(=O)OI2(=O)OC(=O)c3ccccc32)cc1. The molecule has 0 bridgehead atoms. The molecule has 0 saturated heterocycles. The molecule has 1 unspecified atom stereocenters. The molecule has 1 aliphatic heterocycles. The van der Waals surface area contributed by atoms with Crippen molar-refractivity contribution in [3.05, 3.63) is 63.2 Å². The molecule has 0 radical (unpaired) electrons. The first-order valence-corrected chi connectivity index (χ1v) is 11.3. The summed E-state index contributed by atoms with van der Waals surface area (Å²) in [5, 5.41) is 0. The maximum absolute atomic E-state index is 12.7. The van der Waals surface area contributed by atoms with Crippen molar-refractivity contribution in [1.82, 2.24) is 0 Å². The molecule has 0 N–H and O–H groups in total. The van der Waals surface area contributed by atoms with Crippen LogP contribution in [-0.4, -0.2) is 14.4 Å². The third-order valence-corrected chi connectivity index (χ3v) is 10.4. The molecule has 0 aromatic heterocycles. The number of aryl methyl sites for hydroxylation is 1. The van der Waals surface area contributed by atoms with E-state index in [2.05, 4.69) is 0 Å². The molecule has 2 aromatic rings. The zero-order valence-electron chi connectivity index (χ0n) is 11.4. The van der Waals surface area contributed by atoms with E-state index in [0.29, 0.717) is 0 Å². The van der Waals surface area contributed by atoms with Gasteiger partial charge in [-0.25, -0.2) is 0 Å². The number of halogens is 1. The molecule has 116 valence electrons. The van der Waals surface area contributed by atoms with Crippen LogP contribution in [0.1, 0.15) is 15.9 Å². The van der Waals surface area contributed by atoms with Crippen LogP contribution >= 0.6 is 19.3 Å². The summed E-state index contributed by atoms with van der Waals surface area (Å²) < 4.78 is 46.9. The minimum absolute atomic E-state index is 0.0232. The first-order valence-electron chi connectivity index (χ1n) is 6.16. The normalized spacial score (nSPS) is 23.4. The fourth-order valence-corrected chi connectivity index (χ4v) is 8.81. The number of benzene rings is 2. The van der Waals surface area contributed by atoms with Crippen molar-refractivity contribution in [3.63, 3.8) is 0 Å². The van der Waals surface area contributed by atoms with Crippen molar-refractivity contribution < 1.29 is 21.9 Å². The molecule has 8 heteroatoms. The topological polar surface area (TPSA) is 86.7 Å². The van der Waals surface area contributed by atoms with Crippen LogP contribution in [0.25, 0.3) is 0 Å². The third-order valence-electron chi connectivity index (χ3n) is 2.99. The molecule has 0 spiro atoms. The van der Waals surface area contributed by atoms with Crippen LogP contribution in [0.4, 0.5) is 0 Å². The molecule has 22 heavy (non-hydrogen) atoms. The summed E-state index contributed by atoms with van der Waals surface area (Å²) in [5.74, 6) is -0.832. The summed E-state index contributed by atoms with van der Waals surface area (Å²) >= 11 is -5.09. The molecular formula is C14H11IO6S. The van der Waals surface area contributed by atoms with Crippen LogP contribution < -0.4 is 0 Å². The first-order chi connectivity index (χ1) is 10.3. The number of hydrogen-bond donors (Lipinski definition) is 0. The van der Waals surface area contributed by atoms with Crippen LogP contribution in [0.15, 0.2) is 53.4 Å². The Hall–Kier alpha value is -1.65. The second-order valence-electron chi connectivity index (χ2n) is 4.60. The van der Waals surface area contributed by atoms with Gasteiger partial charge < -0.3 is 0 Å². The Morgan fingerprint density at radius 1 is 1.05 bits per heavy atom. The molecule has 3 rings (SSSR count). The second kappa shape index (κ2) is 5.21. The van der Waals surface area contributed by atoms with Gasteiger partial charge in [-0.3, -0.25) is 0 Å². The molecule has 1 atom stereocenters. The van der Waals surface area contributed by atoms with Crippen LogP contribution in [0, 0.1) is 10.5 Å². The van der Waals surface area contributed by atoms with Crippen molar-refractivity contribution in [1.29, 1.82) is 0 Å². The molecular weight excluding hydrogens is 423 g/mol. The molecule has 1 aliphatic rings. The Morgan fingerprint density at radius 2 is 1.68 bits per heavy atom. The predicted molar refractivity (Wildman–Crippen MR) is 84.7 cm³/mol. The van der Waals surface area contributed by atoms with E-state index < -0.39 is 35.3 Å². The number of hydrogen-bond acceptors (Lipinski definition) is 6. The van der Waals surface area contributed by atoms with Gasteiger partial charge >= 0.3 is 132 Å². The summed E-state index contributed by atoms with van der Waals surface area (Å²) in [7, 11) is -4.29. The fraction of sp³-hybridized carbons (Fsp3) is 0.0714. The minimum atomic E-state index is -5.09. The van der Waals surface area contributed by atoms with E-state index in [1.165, 1.54) is 24.3 Å². The standard InChI is InChI=1S/C14H11IO6S/c1-10-6-8-11(9-7-10)22(18,19)21-15(17)13-5-3-2-4-12(13)14(16)20-15/h2-9H,1H3. The van der Waals surface area contributed by atoms with Crippen LogP contribution in [0.2, 0.25) is 0 Å². The molecule has 0 saturated carbocycles. The van der Waals surface area contributed by atoms with Crippen molar-refractivity contribution in [2.75, 3.05) is 0 Å². The number of fused-ring (bicyclic) bond motifs is 1. The van der Waals surface area contributed by atoms with E-state index >= 15 is 0 Å². The molecule has 6 nitrogen and oxygen atoms in total. The molecule has 0 fully saturated rings. The van der Waals surface area contributed by atoms with E-state index in [1.54, 1.807) is 31.2 Å². The molecule has 0 aliphatic carbocycles. The fourth-order valence-electron chi connectivity index (χ4n) is 1.90. The number of carbonyl (C=O) groups is 1. The van der Waals surface area contributed by atoms with Gasteiger partial charge in [0.05, 0.1) is 0 Å². The van der Waals surface area contributed by atoms with Gasteiger partial charge in [-0.1, -0.05) is 0 Å². The summed E-state index contributed by atoms with van der Waals surface area (Å²) in [4.78, 5) is 11.6. The predicted octanol–water partition coefficient (Wildman–Crippen LogP) is 2.96. The second-order valence-corrected chi connectivity index (χ2v) is 11.2.